The van der Waals surface area contributed by atoms with Crippen LogP contribution in [0.5, 0.6) is 5.75 Å². The van der Waals surface area contributed by atoms with Gasteiger partial charge in [-0.3, -0.25) is 0 Å². The van der Waals surface area contributed by atoms with Gasteiger partial charge in [-0.15, -0.1) is 0 Å². The van der Waals surface area contributed by atoms with E-state index in [4.69, 9.17) is 9.47 Å². The molecule has 5 heteroatoms. The van der Waals surface area contributed by atoms with Gasteiger partial charge in [0.25, 0.3) is 0 Å². The Labute approximate surface area is 144 Å². The van der Waals surface area contributed by atoms with E-state index >= 15 is 0 Å². The summed E-state index contributed by atoms with van der Waals surface area (Å²) in [5.41, 5.74) is 3.57. The van der Waals surface area contributed by atoms with Crippen LogP contribution < -0.4 is 10.1 Å². The highest BCUT2D eigenvalue weighted by Crippen LogP contribution is 2.22. The Morgan fingerprint density at radius 2 is 2.00 bits per heavy atom. The predicted molar refractivity (Wildman–Crippen MR) is 95.4 cm³/mol. The van der Waals surface area contributed by atoms with Crippen LogP contribution in [0.1, 0.15) is 21.5 Å². The second kappa shape index (κ2) is 8.02. The molecule has 122 valence electrons. The van der Waals surface area contributed by atoms with Gasteiger partial charge < -0.3 is 14.8 Å². The lowest BCUT2D eigenvalue weighted by molar-refractivity contribution is 0.0601. The van der Waals surface area contributed by atoms with Crippen LogP contribution in [0.4, 0.5) is 5.69 Å². The summed E-state index contributed by atoms with van der Waals surface area (Å²) in [5, 5.41) is 3.21. The van der Waals surface area contributed by atoms with E-state index < -0.39 is 0 Å². The SMILES string of the molecule is COC(=O)c1cc(Br)ccc1NCCOc1cccc(C)c1C. The number of halogens is 1. The molecule has 2 rings (SSSR count). The second-order valence-electron chi connectivity index (χ2n) is 5.15. The van der Waals surface area contributed by atoms with Crippen molar-refractivity contribution >= 4 is 27.6 Å². The van der Waals surface area contributed by atoms with Crippen molar-refractivity contribution in [2.45, 2.75) is 13.8 Å². The van der Waals surface area contributed by atoms with E-state index in [9.17, 15) is 4.79 Å². The Kier molecular flexibility index (Phi) is 6.04. The molecule has 2 aromatic rings. The molecule has 0 atom stereocenters. The van der Waals surface area contributed by atoms with Crippen LogP contribution in [0.3, 0.4) is 0 Å². The molecule has 0 aliphatic carbocycles. The number of rotatable bonds is 6. The number of ether oxygens (including phenoxy) is 2. The summed E-state index contributed by atoms with van der Waals surface area (Å²) in [6.45, 7) is 5.19. The highest BCUT2D eigenvalue weighted by atomic mass is 79.9. The van der Waals surface area contributed by atoms with Gasteiger partial charge in [0.15, 0.2) is 0 Å². The van der Waals surface area contributed by atoms with E-state index in [2.05, 4.69) is 34.2 Å². The molecule has 1 N–H and O–H groups in total. The molecule has 0 unspecified atom stereocenters. The maximum atomic E-state index is 11.8. The minimum Gasteiger partial charge on any atom is -0.491 e. The molecule has 0 saturated carbocycles. The summed E-state index contributed by atoms with van der Waals surface area (Å²) in [6, 6.07) is 11.5. The summed E-state index contributed by atoms with van der Waals surface area (Å²) < 4.78 is 11.4. The fraction of sp³-hybridized carbons (Fsp3) is 0.278. The van der Waals surface area contributed by atoms with Gasteiger partial charge in [0, 0.05) is 16.7 Å². The van der Waals surface area contributed by atoms with Crippen molar-refractivity contribution in [2.24, 2.45) is 0 Å². The first kappa shape index (κ1) is 17.3. The number of carbonyl (C=O) groups excluding carboxylic acids is 1. The van der Waals surface area contributed by atoms with Crippen LogP contribution in [-0.4, -0.2) is 26.2 Å². The van der Waals surface area contributed by atoms with Gasteiger partial charge in [-0.2, -0.15) is 0 Å². The lowest BCUT2D eigenvalue weighted by Crippen LogP contribution is -2.15. The molecule has 23 heavy (non-hydrogen) atoms. The van der Waals surface area contributed by atoms with Gasteiger partial charge in [-0.25, -0.2) is 4.79 Å². The van der Waals surface area contributed by atoms with E-state index in [-0.39, 0.29) is 5.97 Å². The largest absolute Gasteiger partial charge is 0.491 e. The van der Waals surface area contributed by atoms with Crippen molar-refractivity contribution in [1.29, 1.82) is 0 Å². The minimum absolute atomic E-state index is 0.371. The normalized spacial score (nSPS) is 10.3. The van der Waals surface area contributed by atoms with E-state index in [0.29, 0.717) is 18.7 Å². The molecule has 0 aromatic heterocycles. The van der Waals surface area contributed by atoms with E-state index in [0.717, 1.165) is 21.5 Å². The molecule has 0 saturated heterocycles. The minimum atomic E-state index is -0.371. The lowest BCUT2D eigenvalue weighted by Gasteiger charge is -2.13. The molecule has 4 nitrogen and oxygen atoms in total. The van der Waals surface area contributed by atoms with Crippen molar-refractivity contribution in [3.05, 3.63) is 57.6 Å². The number of esters is 1. The first-order valence-electron chi connectivity index (χ1n) is 7.33. The van der Waals surface area contributed by atoms with Crippen molar-refractivity contribution in [3.63, 3.8) is 0 Å². The van der Waals surface area contributed by atoms with Crippen molar-refractivity contribution in [3.8, 4) is 5.75 Å². The molecule has 2 aromatic carbocycles. The Hall–Kier alpha value is -2.01. The number of hydrogen-bond donors (Lipinski definition) is 1. The third-order valence-corrected chi connectivity index (χ3v) is 4.11. The van der Waals surface area contributed by atoms with Gasteiger partial charge in [0.1, 0.15) is 12.4 Å². The van der Waals surface area contributed by atoms with E-state index in [1.54, 1.807) is 6.07 Å². The highest BCUT2D eigenvalue weighted by molar-refractivity contribution is 9.10. The number of methoxy groups -OCH3 is 1. The van der Waals surface area contributed by atoms with Crippen molar-refractivity contribution < 1.29 is 14.3 Å². The molecule has 0 aliphatic heterocycles. The molecular formula is C18H20BrNO3. The third-order valence-electron chi connectivity index (χ3n) is 3.62. The Morgan fingerprint density at radius 3 is 2.74 bits per heavy atom. The smallest absolute Gasteiger partial charge is 0.340 e. The summed E-state index contributed by atoms with van der Waals surface area (Å²) in [7, 11) is 1.37. The van der Waals surface area contributed by atoms with E-state index in [1.165, 1.54) is 12.7 Å². The summed E-state index contributed by atoms with van der Waals surface area (Å²) in [6.07, 6.45) is 0. The zero-order valence-corrected chi connectivity index (χ0v) is 15.1. The zero-order valence-electron chi connectivity index (χ0n) is 13.5. The van der Waals surface area contributed by atoms with E-state index in [1.807, 2.05) is 31.2 Å². The lowest BCUT2D eigenvalue weighted by atomic mass is 10.1. The van der Waals surface area contributed by atoms with Gasteiger partial charge >= 0.3 is 5.97 Å². The van der Waals surface area contributed by atoms with Gasteiger partial charge in [0.2, 0.25) is 0 Å². The number of carbonyl (C=O) groups is 1. The second-order valence-corrected chi connectivity index (χ2v) is 6.07. The average Bonchev–Trinajstić information content (AvgIpc) is 2.55. The number of anilines is 1. The van der Waals surface area contributed by atoms with Crippen LogP contribution in [0.25, 0.3) is 0 Å². The molecular weight excluding hydrogens is 358 g/mol. The molecule has 0 aliphatic rings. The standard InChI is InChI=1S/C18H20BrNO3/c1-12-5-4-6-17(13(12)2)23-10-9-20-16-8-7-14(19)11-15(16)18(21)22-3/h4-8,11,20H,9-10H2,1-3H3. The van der Waals surface area contributed by atoms with Crippen LogP contribution in [-0.2, 0) is 4.74 Å². The molecule has 0 amide bonds. The molecule has 0 bridgehead atoms. The third kappa shape index (κ3) is 4.48. The summed E-state index contributed by atoms with van der Waals surface area (Å²) in [4.78, 5) is 11.8. The number of benzene rings is 2. The quantitative estimate of drug-likeness (QED) is 0.600. The van der Waals surface area contributed by atoms with Gasteiger partial charge in [0.05, 0.1) is 12.7 Å². The highest BCUT2D eigenvalue weighted by Gasteiger charge is 2.12. The first-order valence-corrected chi connectivity index (χ1v) is 8.13. The van der Waals surface area contributed by atoms with Gasteiger partial charge in [-0.05, 0) is 49.2 Å². The molecule has 0 radical (unpaired) electrons. The van der Waals surface area contributed by atoms with Gasteiger partial charge in [-0.1, -0.05) is 28.1 Å². The Morgan fingerprint density at radius 1 is 1.22 bits per heavy atom. The molecule has 0 heterocycles. The molecule has 0 spiro atoms. The topological polar surface area (TPSA) is 47.6 Å². The maximum Gasteiger partial charge on any atom is 0.340 e. The first-order chi connectivity index (χ1) is 11.0. The Bertz CT molecular complexity index is 701. The van der Waals surface area contributed by atoms with Crippen molar-refractivity contribution in [2.75, 3.05) is 25.6 Å². The monoisotopic (exact) mass is 377 g/mol. The van der Waals surface area contributed by atoms with Crippen molar-refractivity contribution in [1.82, 2.24) is 0 Å². The summed E-state index contributed by atoms with van der Waals surface area (Å²) >= 11 is 3.36. The Balaban J connectivity index is 1.96. The average molecular weight is 378 g/mol. The maximum absolute atomic E-state index is 11.8. The number of nitrogens with one attached hydrogen (secondary N) is 1. The van der Waals surface area contributed by atoms with Crippen LogP contribution >= 0.6 is 15.9 Å². The zero-order chi connectivity index (χ0) is 16.8. The number of hydrogen-bond acceptors (Lipinski definition) is 4. The number of aryl methyl sites for hydroxylation is 1. The van der Waals surface area contributed by atoms with Crippen LogP contribution in [0, 0.1) is 13.8 Å². The van der Waals surface area contributed by atoms with Crippen LogP contribution in [0.15, 0.2) is 40.9 Å². The fourth-order valence-corrected chi connectivity index (χ4v) is 2.54. The predicted octanol–water partition coefficient (Wildman–Crippen LogP) is 4.34. The fourth-order valence-electron chi connectivity index (χ4n) is 2.18. The van der Waals surface area contributed by atoms with Crippen LogP contribution in [0.2, 0.25) is 0 Å². The summed E-state index contributed by atoms with van der Waals surface area (Å²) in [5.74, 6) is 0.514. The molecule has 0 fully saturated rings.